The minimum absolute atomic E-state index is 0.461. The van der Waals surface area contributed by atoms with Crippen LogP contribution in [0.4, 0.5) is 108 Å². The number of hydrogen-bond donors (Lipinski definition) is 0. The Hall–Kier alpha value is -8.36. The average Bonchev–Trinajstić information content (AvgIpc) is 1.62. The molecule has 0 atom stereocenters. The molecule has 6 aliphatic rings. The van der Waals surface area contributed by atoms with Crippen LogP contribution in [0.2, 0.25) is 0 Å². The maximum absolute atomic E-state index is 9.09. The number of para-hydroxylation sites is 8. The van der Waals surface area contributed by atoms with Gasteiger partial charge in [0.2, 0.25) is 0 Å². The molecule has 9 aromatic carbocycles. The van der Waals surface area contributed by atoms with E-state index < -0.39 is 63.2 Å². The summed E-state index contributed by atoms with van der Waals surface area (Å²) in [5, 5.41) is 0. The van der Waals surface area contributed by atoms with Crippen LogP contribution in [0.1, 0.15) is 16.4 Å². The molecule has 0 saturated heterocycles. The summed E-state index contributed by atoms with van der Waals surface area (Å²) < 4.78 is 111. The van der Waals surface area contributed by atoms with E-state index in [0.29, 0.717) is 84.8 Å². The van der Waals surface area contributed by atoms with E-state index >= 15 is 0 Å². The van der Waals surface area contributed by atoms with Crippen LogP contribution in [0.25, 0.3) is 0 Å². The van der Waals surface area contributed by atoms with Crippen LogP contribution in [0.3, 0.4) is 0 Å². The van der Waals surface area contributed by atoms with Crippen molar-refractivity contribution in [1.29, 1.82) is 0 Å². The maximum atomic E-state index is 9.09. The topological polar surface area (TPSA) is 35.6 Å². The summed E-state index contributed by atoms with van der Waals surface area (Å²) in [4.78, 5) is 20.0. The number of nitrogens with zero attached hydrogens (tertiary/aromatic N) is 11. The van der Waals surface area contributed by atoms with Crippen molar-refractivity contribution in [3.8, 4) is 0 Å². The molecule has 0 radical (unpaired) electrons. The second-order valence-electron chi connectivity index (χ2n) is 19.1. The first kappa shape index (κ1) is 35.1. The zero-order valence-electron chi connectivity index (χ0n) is 53.3. The first-order valence-electron chi connectivity index (χ1n) is 30.8. The molecular formula is C64H53N11Pt2. The molecule has 0 amide bonds. The zero-order valence-corrected chi connectivity index (χ0v) is 45.8. The number of rotatable bonds is 3. The molecule has 384 valence electrons. The summed E-state index contributed by atoms with van der Waals surface area (Å²) in [7, 11) is 3.98. The Morgan fingerprint density at radius 3 is 0.844 bits per heavy atom. The molecule has 0 aliphatic carbocycles. The quantitative estimate of drug-likeness (QED) is 0.170. The van der Waals surface area contributed by atoms with E-state index in [-0.39, 0.29) is 0 Å². The molecule has 0 saturated carbocycles. The van der Waals surface area contributed by atoms with Gasteiger partial charge in [-0.1, -0.05) is 0 Å². The van der Waals surface area contributed by atoms with Crippen LogP contribution in [-0.4, -0.2) is 58.6 Å². The van der Waals surface area contributed by atoms with Crippen LogP contribution >= 0.6 is 0 Å². The zero-order chi connectivity index (χ0) is 61.8. The van der Waals surface area contributed by atoms with Crippen molar-refractivity contribution in [1.82, 2.24) is 0 Å². The van der Waals surface area contributed by atoms with Crippen molar-refractivity contribution >= 4 is 125 Å². The van der Waals surface area contributed by atoms with Crippen molar-refractivity contribution in [2.24, 2.45) is 0 Å². The van der Waals surface area contributed by atoms with Gasteiger partial charge in [0.05, 0.1) is 0 Å². The minimum atomic E-state index is -2.65. The summed E-state index contributed by atoms with van der Waals surface area (Å²) in [6.45, 7) is -10.6. The molecule has 15 rings (SSSR count). The molecule has 6 aliphatic heterocycles. The first-order chi connectivity index (χ1) is 42.5. The number of anilines is 19. The molecule has 0 fully saturated rings. The Labute approximate surface area is 482 Å². The fourth-order valence-corrected chi connectivity index (χ4v) is 17.3. The van der Waals surface area contributed by atoms with Crippen molar-refractivity contribution in [3.63, 3.8) is 0 Å². The Kier molecular flexibility index (Phi) is 8.01. The van der Waals surface area contributed by atoms with Gasteiger partial charge in [-0.05, 0) is 0 Å². The molecule has 9 aromatic rings. The van der Waals surface area contributed by atoms with E-state index in [2.05, 4.69) is 57.2 Å². The molecular weight excluding hydrogens is 1310 g/mol. The summed E-state index contributed by atoms with van der Waals surface area (Å²) in [6.07, 6.45) is 0. The number of hydrogen-bond acceptors (Lipinski definition) is 11. The van der Waals surface area contributed by atoms with Crippen molar-refractivity contribution in [2.75, 3.05) is 95.9 Å². The average molecular weight is 1380 g/mol. The predicted molar refractivity (Wildman–Crippen MR) is 318 cm³/mol. The van der Waals surface area contributed by atoms with Gasteiger partial charge in [0, 0.05) is 0 Å². The molecule has 0 aromatic heterocycles. The van der Waals surface area contributed by atoms with Gasteiger partial charge in [0.15, 0.2) is 0 Å². The number of benzene rings is 9. The fourth-order valence-electron chi connectivity index (χ4n) is 11.0. The van der Waals surface area contributed by atoms with Gasteiger partial charge in [-0.25, -0.2) is 0 Å². The number of fused-ring (bicyclic) bond motifs is 24. The first-order valence-corrected chi connectivity index (χ1v) is 29.3. The SMILES string of the molecule is [2H]C([2H])([2H])N1[C]2=[Pt]=[C]3N(c4cccc(c4)N(c4ccc(N5c6cccc(c6)N6[C](=[Pt]=[C]7N(c8cccc5c8)c5ccccc5N7C([2H])([2H])[2H])N(C([2H])([2H])[2H])c5ccccc56)c(N(C)C)c4)c4cccc(c4)N2c2ccccc21)c1ccccc1N3C([2H])([2H])[2H]. The van der Waals surface area contributed by atoms with Gasteiger partial charge in [0.25, 0.3) is 0 Å². The van der Waals surface area contributed by atoms with Crippen LogP contribution in [0, 0.1) is 0 Å². The van der Waals surface area contributed by atoms with Crippen molar-refractivity contribution < 1.29 is 51.7 Å². The Morgan fingerprint density at radius 1 is 0.273 bits per heavy atom. The van der Waals surface area contributed by atoms with E-state index in [1.54, 1.807) is 24.3 Å². The van der Waals surface area contributed by atoms with E-state index in [1.807, 2.05) is 179 Å². The summed E-state index contributed by atoms with van der Waals surface area (Å²) >= 11 is -3.32. The second-order valence-corrected chi connectivity index (χ2v) is 24.3. The van der Waals surface area contributed by atoms with Gasteiger partial charge in [-0.15, -0.1) is 0 Å². The van der Waals surface area contributed by atoms with E-state index in [4.69, 9.17) is 16.4 Å². The van der Waals surface area contributed by atoms with Crippen molar-refractivity contribution in [2.45, 2.75) is 0 Å². The van der Waals surface area contributed by atoms with Gasteiger partial charge >= 0.3 is 485 Å². The van der Waals surface area contributed by atoms with E-state index in [0.717, 1.165) is 39.8 Å². The van der Waals surface area contributed by atoms with Crippen LogP contribution in [0.5, 0.6) is 0 Å². The van der Waals surface area contributed by atoms with Gasteiger partial charge in [0.1, 0.15) is 0 Å². The monoisotopic (exact) mass is 1380 g/mol. The fraction of sp³-hybridized carbons (Fsp3) is 0.0938. The third-order valence-corrected chi connectivity index (χ3v) is 20.5. The third-order valence-electron chi connectivity index (χ3n) is 14.4. The third kappa shape index (κ3) is 6.96. The van der Waals surface area contributed by atoms with Crippen LogP contribution < -0.4 is 53.9 Å². The van der Waals surface area contributed by atoms with Gasteiger partial charge in [-0.2, -0.15) is 0 Å². The normalized spacial score (nSPS) is 18.9. The van der Waals surface area contributed by atoms with E-state index in [1.165, 1.54) is 19.6 Å². The molecule has 0 spiro atoms. The second kappa shape index (κ2) is 17.6. The summed E-state index contributed by atoms with van der Waals surface area (Å²) in [5.41, 5.74) is 12.6. The van der Waals surface area contributed by atoms with Crippen LogP contribution in [-0.2, 0) is 35.3 Å². The molecule has 8 bridgehead atoms. The molecule has 13 heteroatoms. The standard InChI is InChI=1S/C64H53N11.2Pt/c1-65(2)64-41-54(74(50-23-15-19-46(37-50)70-42-66(3)55-27-7-11-31-59(55)70)51-24-16-20-47(38-51)71-43-67(4)56-28-8-12-32-60(56)71)35-36-63(64)75(52-25-17-21-48(39-52)72-44-68(5)57-29-9-13-33-61(57)72)53-26-18-22-49(40-53)73-45-69(6)58-30-10-14-34-62(58)73;;/h7-41H,1-6H3;;/i3D3,4D3,5D3,6D3;;. The summed E-state index contributed by atoms with van der Waals surface area (Å²) in [5.74, 6) is 0. The Bertz CT molecular complexity index is 4340. The van der Waals surface area contributed by atoms with Crippen LogP contribution in [0.15, 0.2) is 212 Å². The molecule has 6 heterocycles. The van der Waals surface area contributed by atoms with Crippen molar-refractivity contribution in [3.05, 3.63) is 212 Å². The van der Waals surface area contributed by atoms with Gasteiger partial charge < -0.3 is 0 Å². The van der Waals surface area contributed by atoms with Gasteiger partial charge in [-0.3, -0.25) is 0 Å². The van der Waals surface area contributed by atoms with E-state index in [9.17, 15) is 0 Å². The molecule has 11 nitrogen and oxygen atoms in total. The Balaban J connectivity index is 0.960. The summed E-state index contributed by atoms with van der Waals surface area (Å²) in [6, 6.07) is 68.0. The Morgan fingerprint density at radius 2 is 0.545 bits per heavy atom. The predicted octanol–water partition coefficient (Wildman–Crippen LogP) is 13.6. The molecule has 77 heavy (non-hydrogen) atoms. The molecule has 0 unspecified atom stereocenters. The molecule has 0 N–H and O–H groups in total.